The minimum absolute atomic E-state index is 0.00475. The van der Waals surface area contributed by atoms with Crippen molar-refractivity contribution in [2.45, 2.75) is 19.1 Å². The third-order valence-electron chi connectivity index (χ3n) is 4.91. The highest BCUT2D eigenvalue weighted by molar-refractivity contribution is 6.02. The van der Waals surface area contributed by atoms with Gasteiger partial charge in [-0.2, -0.15) is 0 Å². The van der Waals surface area contributed by atoms with Gasteiger partial charge in [0.15, 0.2) is 11.5 Å². The molecule has 0 saturated carbocycles. The Labute approximate surface area is 164 Å². The summed E-state index contributed by atoms with van der Waals surface area (Å²) >= 11 is 0. The summed E-state index contributed by atoms with van der Waals surface area (Å²) in [7, 11) is 1.35. The van der Waals surface area contributed by atoms with Crippen molar-refractivity contribution >= 4 is 16.9 Å². The molecule has 0 bridgehead atoms. The van der Waals surface area contributed by atoms with Crippen molar-refractivity contribution in [1.82, 2.24) is 14.9 Å². The molecule has 1 aliphatic heterocycles. The largest absolute Gasteiger partial charge is 0.505 e. The number of aromatic hydroxyl groups is 1. The summed E-state index contributed by atoms with van der Waals surface area (Å²) in [5.74, 6) is -1.32. The van der Waals surface area contributed by atoms with E-state index in [9.17, 15) is 24.2 Å². The molecule has 3 aromatic rings. The lowest BCUT2D eigenvalue weighted by molar-refractivity contribution is 0.0917. The molecule has 150 valence electrons. The number of halogens is 1. The van der Waals surface area contributed by atoms with Crippen LogP contribution in [0.25, 0.3) is 11.0 Å². The number of carbonyl (C=O) groups excluding carboxylic acids is 1. The van der Waals surface area contributed by atoms with E-state index in [1.54, 1.807) is 12.1 Å². The van der Waals surface area contributed by atoms with Crippen LogP contribution in [0, 0.1) is 5.82 Å². The molecule has 1 atom stereocenters. The van der Waals surface area contributed by atoms with Crippen LogP contribution < -0.4 is 15.6 Å². The second-order valence-electron chi connectivity index (χ2n) is 6.75. The first-order chi connectivity index (χ1) is 13.9. The van der Waals surface area contributed by atoms with Crippen LogP contribution in [-0.4, -0.2) is 45.4 Å². The lowest BCUT2D eigenvalue weighted by Gasteiger charge is -2.28. The fraction of sp³-hybridized carbons (Fsp3) is 0.250. The topological polar surface area (TPSA) is 114 Å². The molecule has 2 aromatic heterocycles. The van der Waals surface area contributed by atoms with Gasteiger partial charge >= 0.3 is 0 Å². The predicted octanol–water partition coefficient (Wildman–Crippen LogP) is 0.945. The average molecular weight is 399 g/mol. The zero-order valence-corrected chi connectivity index (χ0v) is 15.5. The number of aliphatic hydroxyl groups is 1. The number of nitrogens with one attached hydrogen (secondary N) is 1. The number of amides is 1. The number of rotatable bonds is 4. The molecule has 1 amide bonds. The van der Waals surface area contributed by atoms with Gasteiger partial charge in [-0.25, -0.2) is 4.39 Å². The first kappa shape index (κ1) is 18.9. The number of nitrogens with zero attached hydrogens (tertiary/aromatic N) is 2. The van der Waals surface area contributed by atoms with Gasteiger partial charge in [-0.05, 0) is 17.7 Å². The molecule has 1 aromatic carbocycles. The van der Waals surface area contributed by atoms with Crippen LogP contribution in [0.3, 0.4) is 0 Å². The van der Waals surface area contributed by atoms with Crippen LogP contribution in [0.4, 0.5) is 4.39 Å². The minimum Gasteiger partial charge on any atom is -0.505 e. The Kier molecular flexibility index (Phi) is 4.67. The monoisotopic (exact) mass is 399 g/mol. The molecule has 0 aliphatic carbocycles. The van der Waals surface area contributed by atoms with Gasteiger partial charge in [0.2, 0.25) is 0 Å². The van der Waals surface area contributed by atoms with Crippen molar-refractivity contribution in [3.63, 3.8) is 0 Å². The standard InChI is InChI=1S/C20H18FN3O5/c1-22-19(27)14-17(26)15-16-18(29-13(9-25)8-24(16)20(14)28)11(7-23-15)6-10-2-4-12(21)5-3-10/h2-5,7,13,25-26H,6,8-9H2,1H3,(H,22,27)/t13-/m0/s1. The first-order valence-corrected chi connectivity index (χ1v) is 8.96. The fourth-order valence-corrected chi connectivity index (χ4v) is 3.49. The molecule has 29 heavy (non-hydrogen) atoms. The number of hydrogen-bond donors (Lipinski definition) is 3. The Morgan fingerprint density at radius 2 is 2.10 bits per heavy atom. The van der Waals surface area contributed by atoms with Gasteiger partial charge in [-0.3, -0.25) is 19.1 Å². The van der Waals surface area contributed by atoms with Crippen LogP contribution in [-0.2, 0) is 13.0 Å². The zero-order valence-electron chi connectivity index (χ0n) is 15.5. The van der Waals surface area contributed by atoms with Crippen LogP contribution >= 0.6 is 0 Å². The van der Waals surface area contributed by atoms with Gasteiger partial charge in [0, 0.05) is 25.2 Å². The molecule has 3 heterocycles. The lowest BCUT2D eigenvalue weighted by Crippen LogP contribution is -2.40. The quantitative estimate of drug-likeness (QED) is 0.602. The molecule has 3 N–H and O–H groups in total. The molecule has 0 fully saturated rings. The van der Waals surface area contributed by atoms with Crippen LogP contribution in [0.5, 0.6) is 11.5 Å². The van der Waals surface area contributed by atoms with Crippen molar-refractivity contribution in [3.8, 4) is 11.5 Å². The van der Waals surface area contributed by atoms with Gasteiger partial charge in [-0.1, -0.05) is 12.1 Å². The third-order valence-corrected chi connectivity index (χ3v) is 4.91. The van der Waals surface area contributed by atoms with E-state index in [1.807, 2.05) is 0 Å². The Balaban J connectivity index is 1.96. The first-order valence-electron chi connectivity index (χ1n) is 8.96. The summed E-state index contributed by atoms with van der Waals surface area (Å²) in [5, 5.41) is 22.5. The number of carbonyl (C=O) groups is 1. The number of benzene rings is 1. The summed E-state index contributed by atoms with van der Waals surface area (Å²) in [6.45, 7) is -0.341. The van der Waals surface area contributed by atoms with Crippen molar-refractivity contribution in [2.75, 3.05) is 13.7 Å². The summed E-state index contributed by atoms with van der Waals surface area (Å²) in [5.41, 5.74) is 0.587. The maximum atomic E-state index is 13.2. The van der Waals surface area contributed by atoms with E-state index >= 15 is 0 Å². The summed E-state index contributed by atoms with van der Waals surface area (Å²) in [4.78, 5) is 29.3. The molecule has 8 nitrogen and oxygen atoms in total. The fourth-order valence-electron chi connectivity index (χ4n) is 3.49. The molecule has 0 radical (unpaired) electrons. The molecular weight excluding hydrogens is 381 g/mol. The minimum atomic E-state index is -0.732. The van der Waals surface area contributed by atoms with Crippen LogP contribution in [0.1, 0.15) is 21.5 Å². The van der Waals surface area contributed by atoms with E-state index in [-0.39, 0.29) is 30.0 Å². The second kappa shape index (κ2) is 7.17. The number of aromatic nitrogens is 2. The molecule has 0 spiro atoms. The van der Waals surface area contributed by atoms with Gasteiger partial charge < -0.3 is 20.3 Å². The molecule has 0 saturated heterocycles. The summed E-state index contributed by atoms with van der Waals surface area (Å²) in [6.07, 6.45) is 1.10. The van der Waals surface area contributed by atoms with Crippen molar-refractivity contribution in [3.05, 3.63) is 63.3 Å². The molecule has 0 unspecified atom stereocenters. The Morgan fingerprint density at radius 3 is 2.76 bits per heavy atom. The Bertz CT molecular complexity index is 1170. The maximum absolute atomic E-state index is 13.2. The number of hydrogen-bond acceptors (Lipinski definition) is 6. The van der Waals surface area contributed by atoms with E-state index in [0.29, 0.717) is 17.7 Å². The molecule has 1 aliphatic rings. The smallest absolute Gasteiger partial charge is 0.268 e. The Morgan fingerprint density at radius 1 is 1.38 bits per heavy atom. The number of aliphatic hydroxyl groups excluding tert-OH is 1. The molecular formula is C20H18FN3O5. The normalized spacial score (nSPS) is 15.2. The summed E-state index contributed by atoms with van der Waals surface area (Å²) in [6, 6.07) is 5.92. The third kappa shape index (κ3) is 3.09. The van der Waals surface area contributed by atoms with Crippen molar-refractivity contribution in [2.24, 2.45) is 0 Å². The van der Waals surface area contributed by atoms with E-state index in [1.165, 1.54) is 29.9 Å². The summed E-state index contributed by atoms with van der Waals surface area (Å²) < 4.78 is 20.4. The van der Waals surface area contributed by atoms with E-state index in [0.717, 1.165) is 5.56 Å². The van der Waals surface area contributed by atoms with Gasteiger partial charge in [0.05, 0.1) is 13.2 Å². The van der Waals surface area contributed by atoms with Crippen molar-refractivity contribution in [1.29, 1.82) is 0 Å². The molecule has 4 rings (SSSR count). The highest BCUT2D eigenvalue weighted by Gasteiger charge is 2.31. The van der Waals surface area contributed by atoms with E-state index in [4.69, 9.17) is 4.74 Å². The predicted molar refractivity (Wildman–Crippen MR) is 102 cm³/mol. The zero-order chi connectivity index (χ0) is 20.7. The number of pyridine rings is 2. The highest BCUT2D eigenvalue weighted by atomic mass is 19.1. The van der Waals surface area contributed by atoms with E-state index < -0.39 is 28.9 Å². The maximum Gasteiger partial charge on any atom is 0.268 e. The lowest BCUT2D eigenvalue weighted by atomic mass is 10.0. The SMILES string of the molecule is CNC(=O)c1c(O)c2ncc(Cc3ccc(F)cc3)c3c2n(c1=O)C[C@@H](CO)O3. The second-order valence-corrected chi connectivity index (χ2v) is 6.75. The van der Waals surface area contributed by atoms with Gasteiger partial charge in [-0.15, -0.1) is 0 Å². The van der Waals surface area contributed by atoms with Crippen LogP contribution in [0.2, 0.25) is 0 Å². The highest BCUT2D eigenvalue weighted by Crippen LogP contribution is 2.37. The van der Waals surface area contributed by atoms with Crippen LogP contribution in [0.15, 0.2) is 35.3 Å². The van der Waals surface area contributed by atoms with Crippen molar-refractivity contribution < 1.29 is 24.1 Å². The Hall–Kier alpha value is -3.46. The average Bonchev–Trinajstić information content (AvgIpc) is 2.73. The van der Waals surface area contributed by atoms with Gasteiger partial charge in [0.25, 0.3) is 11.5 Å². The molecule has 9 heteroatoms. The van der Waals surface area contributed by atoms with E-state index in [2.05, 4.69) is 10.3 Å². The van der Waals surface area contributed by atoms with Gasteiger partial charge in [0.1, 0.15) is 28.5 Å². The number of ether oxygens (including phenoxy) is 1.